The number of likely N-dealkylation sites (tertiary alicyclic amines) is 1. The zero-order valence-corrected chi connectivity index (χ0v) is 17.2. The molecule has 0 atom stereocenters. The number of sulfonamides is 1. The molecule has 1 aliphatic heterocycles. The Kier molecular flexibility index (Phi) is 5.69. The Hall–Kier alpha value is -2.97. The van der Waals surface area contributed by atoms with Crippen LogP contribution in [-0.2, 0) is 10.0 Å². The molecule has 1 saturated heterocycles. The third-order valence-electron chi connectivity index (χ3n) is 4.77. The van der Waals surface area contributed by atoms with Crippen molar-refractivity contribution in [2.75, 3.05) is 17.8 Å². The van der Waals surface area contributed by atoms with Gasteiger partial charge >= 0.3 is 0 Å². The Morgan fingerprint density at radius 3 is 2.30 bits per heavy atom. The smallest absolute Gasteiger partial charge is 0.264 e. The summed E-state index contributed by atoms with van der Waals surface area (Å²) in [6.45, 7) is 0.641. The van der Waals surface area contributed by atoms with Gasteiger partial charge in [-0.05, 0) is 36.4 Å². The Balaban J connectivity index is 0.000000667. The van der Waals surface area contributed by atoms with Gasteiger partial charge in [-0.2, -0.15) is 0 Å². The molecule has 0 radical (unpaired) electrons. The van der Waals surface area contributed by atoms with Gasteiger partial charge in [-0.1, -0.05) is 37.5 Å². The van der Waals surface area contributed by atoms with Crippen LogP contribution in [-0.4, -0.2) is 48.5 Å². The highest BCUT2D eigenvalue weighted by Gasteiger charge is 2.29. The standard InChI is InChI=1S/C19H17N3O4S.C3H6/c23-16-11-22(12-16)19(24)14-6-8-15(9-7-14)21-27(25,26)17-5-1-3-13-4-2-10-20-18(13)17;1-2-3-1/h1-10,16,21,23H,11-12H2;1-3H2. The summed E-state index contributed by atoms with van der Waals surface area (Å²) in [6, 6.07) is 14.7. The van der Waals surface area contributed by atoms with Crippen molar-refractivity contribution in [1.82, 2.24) is 9.88 Å². The molecule has 2 aliphatic rings. The van der Waals surface area contributed by atoms with Crippen molar-refractivity contribution in [1.29, 1.82) is 0 Å². The van der Waals surface area contributed by atoms with E-state index in [1.807, 2.05) is 0 Å². The minimum atomic E-state index is -3.83. The van der Waals surface area contributed by atoms with E-state index in [1.54, 1.807) is 54.7 Å². The van der Waals surface area contributed by atoms with Crippen molar-refractivity contribution >= 4 is 32.5 Å². The average molecular weight is 426 g/mol. The third kappa shape index (κ3) is 4.60. The second kappa shape index (κ2) is 8.41. The molecular formula is C22H23N3O4S. The molecule has 0 unspecified atom stereocenters. The number of para-hydroxylation sites is 1. The van der Waals surface area contributed by atoms with Gasteiger partial charge in [0.1, 0.15) is 4.90 Å². The van der Waals surface area contributed by atoms with Crippen molar-refractivity contribution in [3.8, 4) is 0 Å². The van der Waals surface area contributed by atoms with Gasteiger partial charge < -0.3 is 10.0 Å². The van der Waals surface area contributed by atoms with Crippen LogP contribution < -0.4 is 4.72 Å². The van der Waals surface area contributed by atoms with E-state index in [0.29, 0.717) is 29.9 Å². The van der Waals surface area contributed by atoms with Crippen molar-refractivity contribution in [3.63, 3.8) is 0 Å². The zero-order valence-electron chi connectivity index (χ0n) is 16.4. The number of carbonyl (C=O) groups is 1. The van der Waals surface area contributed by atoms with E-state index in [1.165, 1.54) is 30.2 Å². The molecule has 2 heterocycles. The van der Waals surface area contributed by atoms with Gasteiger partial charge in [-0.25, -0.2) is 8.42 Å². The summed E-state index contributed by atoms with van der Waals surface area (Å²) in [5.74, 6) is -0.187. The lowest BCUT2D eigenvalue weighted by molar-refractivity contribution is 0.00590. The normalized spacial score (nSPS) is 15.7. The minimum absolute atomic E-state index is 0.0929. The van der Waals surface area contributed by atoms with Crippen molar-refractivity contribution in [2.24, 2.45) is 0 Å². The molecule has 1 aromatic heterocycles. The predicted octanol–water partition coefficient (Wildman–Crippen LogP) is 3.02. The van der Waals surface area contributed by atoms with Gasteiger partial charge in [0.25, 0.3) is 15.9 Å². The summed E-state index contributed by atoms with van der Waals surface area (Å²) >= 11 is 0. The molecule has 2 N–H and O–H groups in total. The molecule has 2 fully saturated rings. The average Bonchev–Trinajstić information content (AvgIpc) is 3.60. The molecule has 3 aromatic rings. The fourth-order valence-electron chi connectivity index (χ4n) is 2.99. The fourth-order valence-corrected chi connectivity index (χ4v) is 4.23. The molecule has 0 bridgehead atoms. The molecule has 30 heavy (non-hydrogen) atoms. The quantitative estimate of drug-likeness (QED) is 0.669. The maximum absolute atomic E-state index is 12.8. The topological polar surface area (TPSA) is 99.6 Å². The molecule has 1 saturated carbocycles. The SMILES string of the molecule is C1CC1.O=C(c1ccc(NS(=O)(=O)c2cccc3cccnc23)cc1)N1CC(O)C1. The zero-order chi connectivity index (χ0) is 21.1. The number of hydrogen-bond acceptors (Lipinski definition) is 5. The van der Waals surface area contributed by atoms with E-state index in [0.717, 1.165) is 5.39 Å². The second-order valence-electron chi connectivity index (χ2n) is 7.44. The molecule has 5 rings (SSSR count). The summed E-state index contributed by atoms with van der Waals surface area (Å²) in [7, 11) is -3.83. The van der Waals surface area contributed by atoms with Crippen LogP contribution in [0.4, 0.5) is 5.69 Å². The first-order valence-corrected chi connectivity index (χ1v) is 11.4. The van der Waals surface area contributed by atoms with E-state index in [9.17, 15) is 18.3 Å². The molecule has 7 nitrogen and oxygen atoms in total. The highest BCUT2D eigenvalue weighted by atomic mass is 32.2. The van der Waals surface area contributed by atoms with Crippen molar-refractivity contribution in [2.45, 2.75) is 30.3 Å². The number of benzene rings is 2. The lowest BCUT2D eigenvalue weighted by Gasteiger charge is -2.35. The largest absolute Gasteiger partial charge is 0.389 e. The van der Waals surface area contributed by atoms with Gasteiger partial charge in [0.05, 0.1) is 11.6 Å². The van der Waals surface area contributed by atoms with E-state index >= 15 is 0 Å². The number of aromatic nitrogens is 1. The van der Waals surface area contributed by atoms with Crippen LogP contribution in [0.2, 0.25) is 0 Å². The Morgan fingerprint density at radius 1 is 1.00 bits per heavy atom. The van der Waals surface area contributed by atoms with Crippen LogP contribution in [0.15, 0.2) is 65.7 Å². The number of anilines is 1. The monoisotopic (exact) mass is 425 g/mol. The van der Waals surface area contributed by atoms with Crippen LogP contribution in [0.1, 0.15) is 29.6 Å². The summed E-state index contributed by atoms with van der Waals surface area (Å²) in [5.41, 5.74) is 1.19. The van der Waals surface area contributed by atoms with Gasteiger partial charge in [-0.15, -0.1) is 0 Å². The van der Waals surface area contributed by atoms with E-state index in [-0.39, 0.29) is 10.8 Å². The number of hydrogen-bond donors (Lipinski definition) is 2. The molecular weight excluding hydrogens is 402 g/mol. The van der Waals surface area contributed by atoms with Crippen molar-refractivity contribution in [3.05, 3.63) is 66.4 Å². The highest BCUT2D eigenvalue weighted by molar-refractivity contribution is 7.93. The number of nitrogens with zero attached hydrogens (tertiary/aromatic N) is 2. The number of amides is 1. The molecule has 2 aromatic carbocycles. The maximum Gasteiger partial charge on any atom is 0.264 e. The summed E-state index contributed by atoms with van der Waals surface area (Å²) in [5, 5.41) is 10.0. The van der Waals surface area contributed by atoms with Gasteiger partial charge in [0.2, 0.25) is 0 Å². The lowest BCUT2D eigenvalue weighted by atomic mass is 10.1. The summed E-state index contributed by atoms with van der Waals surface area (Å²) in [4.78, 5) is 18.0. The first kappa shape index (κ1) is 20.3. The van der Waals surface area contributed by atoms with E-state index in [4.69, 9.17) is 0 Å². The first-order chi connectivity index (χ1) is 14.4. The number of carbonyl (C=O) groups excluding carboxylic acids is 1. The summed E-state index contributed by atoms with van der Waals surface area (Å²) in [6.07, 6.45) is 5.59. The Labute approximate surface area is 175 Å². The van der Waals surface area contributed by atoms with Crippen LogP contribution >= 0.6 is 0 Å². The van der Waals surface area contributed by atoms with Gasteiger partial charge in [0, 0.05) is 35.9 Å². The first-order valence-electron chi connectivity index (χ1n) is 9.88. The number of pyridine rings is 1. The number of fused-ring (bicyclic) bond motifs is 1. The Morgan fingerprint density at radius 2 is 1.67 bits per heavy atom. The van der Waals surface area contributed by atoms with E-state index in [2.05, 4.69) is 9.71 Å². The molecule has 8 heteroatoms. The molecule has 156 valence electrons. The third-order valence-corrected chi connectivity index (χ3v) is 6.19. The fraction of sp³-hybridized carbons (Fsp3) is 0.273. The van der Waals surface area contributed by atoms with Crippen LogP contribution in [0.5, 0.6) is 0 Å². The molecule has 1 amide bonds. The number of aliphatic hydroxyl groups is 1. The minimum Gasteiger partial charge on any atom is -0.389 e. The number of rotatable bonds is 4. The van der Waals surface area contributed by atoms with E-state index < -0.39 is 16.1 Å². The van der Waals surface area contributed by atoms with Crippen LogP contribution in [0.3, 0.4) is 0 Å². The van der Waals surface area contributed by atoms with Crippen molar-refractivity contribution < 1.29 is 18.3 Å². The Bertz CT molecular complexity index is 1150. The maximum atomic E-state index is 12.8. The van der Waals surface area contributed by atoms with Gasteiger partial charge in [-0.3, -0.25) is 14.5 Å². The number of β-amino-alcohol motifs (C(OH)–C–C–N with tert-alkyl or cyclic N) is 1. The highest BCUT2D eigenvalue weighted by Crippen LogP contribution is 2.24. The molecule has 1 aliphatic carbocycles. The lowest BCUT2D eigenvalue weighted by Crippen LogP contribution is -2.53. The predicted molar refractivity (Wildman–Crippen MR) is 115 cm³/mol. The number of aliphatic hydroxyl groups excluding tert-OH is 1. The van der Waals surface area contributed by atoms with Gasteiger partial charge in [0.15, 0.2) is 0 Å². The number of nitrogens with one attached hydrogen (secondary N) is 1. The van der Waals surface area contributed by atoms with Crippen LogP contribution in [0.25, 0.3) is 10.9 Å². The molecule has 0 spiro atoms. The summed E-state index contributed by atoms with van der Waals surface area (Å²) < 4.78 is 28.1. The second-order valence-corrected chi connectivity index (χ2v) is 9.09. The van der Waals surface area contributed by atoms with Crippen LogP contribution in [0, 0.1) is 0 Å².